The van der Waals surface area contributed by atoms with Gasteiger partial charge in [0.25, 0.3) is 0 Å². The third-order valence-electron chi connectivity index (χ3n) is 3.98. The van der Waals surface area contributed by atoms with Crippen molar-refractivity contribution in [3.8, 4) is 0 Å². The lowest BCUT2D eigenvalue weighted by Crippen LogP contribution is -2.14. The van der Waals surface area contributed by atoms with E-state index in [9.17, 15) is 0 Å². The molecule has 1 saturated carbocycles. The van der Waals surface area contributed by atoms with E-state index in [4.69, 9.17) is 0 Å². The number of aromatic nitrogens is 2. The van der Waals surface area contributed by atoms with Gasteiger partial charge in [0.05, 0.1) is 6.04 Å². The van der Waals surface area contributed by atoms with Gasteiger partial charge in [-0.1, -0.05) is 56.8 Å². The average Bonchev–Trinajstić information content (AvgIpc) is 2.68. The van der Waals surface area contributed by atoms with E-state index < -0.39 is 0 Å². The van der Waals surface area contributed by atoms with E-state index >= 15 is 0 Å². The predicted octanol–water partition coefficient (Wildman–Crippen LogP) is 3.72. The van der Waals surface area contributed by atoms with Crippen molar-refractivity contribution in [3.63, 3.8) is 0 Å². The van der Waals surface area contributed by atoms with Gasteiger partial charge in [0, 0.05) is 6.42 Å². The Bertz CT molecular complexity index is 339. The molecule has 1 atom stereocenters. The summed E-state index contributed by atoms with van der Waals surface area (Å²) in [6, 6.07) is 0.380. The Labute approximate surface area is 114 Å². The minimum absolute atomic E-state index is 0.380. The molecule has 18 heavy (non-hydrogen) atoms. The molecule has 0 amide bonds. The lowest BCUT2D eigenvalue weighted by Gasteiger charge is -2.11. The van der Waals surface area contributed by atoms with Crippen LogP contribution in [0.15, 0.2) is 0 Å². The molecule has 1 aliphatic carbocycles. The predicted molar refractivity (Wildman–Crippen MR) is 76.9 cm³/mol. The number of nitrogens with one attached hydrogen (secondary N) is 1. The van der Waals surface area contributed by atoms with Crippen LogP contribution in [0.5, 0.6) is 0 Å². The summed E-state index contributed by atoms with van der Waals surface area (Å²) >= 11 is 1.81. The first-order valence-corrected chi connectivity index (χ1v) is 8.14. The summed E-state index contributed by atoms with van der Waals surface area (Å²) in [5.74, 6) is 0.850. The molecule has 0 bridgehead atoms. The van der Waals surface area contributed by atoms with Crippen LogP contribution in [0.3, 0.4) is 0 Å². The SMILES string of the molecule is CCC(NC)c1nnc(CC2CCCCCC2)s1. The Morgan fingerprint density at radius 3 is 2.56 bits per heavy atom. The van der Waals surface area contributed by atoms with E-state index in [-0.39, 0.29) is 0 Å². The second-order valence-corrected chi connectivity index (χ2v) is 6.44. The van der Waals surface area contributed by atoms with Crippen LogP contribution >= 0.6 is 11.3 Å². The summed E-state index contributed by atoms with van der Waals surface area (Å²) in [7, 11) is 2.00. The first-order valence-electron chi connectivity index (χ1n) is 7.33. The van der Waals surface area contributed by atoms with E-state index in [1.807, 2.05) is 7.05 Å². The molecule has 0 aliphatic heterocycles. The van der Waals surface area contributed by atoms with Crippen LogP contribution in [0.4, 0.5) is 0 Å². The third-order valence-corrected chi connectivity index (χ3v) is 5.03. The van der Waals surface area contributed by atoms with E-state index in [1.165, 1.54) is 43.5 Å². The van der Waals surface area contributed by atoms with E-state index in [1.54, 1.807) is 11.3 Å². The van der Waals surface area contributed by atoms with Gasteiger partial charge in [0.15, 0.2) is 0 Å². The summed E-state index contributed by atoms with van der Waals surface area (Å²) in [4.78, 5) is 0. The maximum absolute atomic E-state index is 4.39. The highest BCUT2D eigenvalue weighted by molar-refractivity contribution is 7.11. The molecule has 0 aromatic carbocycles. The highest BCUT2D eigenvalue weighted by atomic mass is 32.1. The number of hydrogen-bond donors (Lipinski definition) is 1. The molecular weight excluding hydrogens is 242 g/mol. The van der Waals surface area contributed by atoms with Gasteiger partial charge in [-0.2, -0.15) is 0 Å². The summed E-state index contributed by atoms with van der Waals surface area (Å²) < 4.78 is 0. The molecule has 0 radical (unpaired) electrons. The number of rotatable bonds is 5. The van der Waals surface area contributed by atoms with Crippen LogP contribution in [-0.2, 0) is 6.42 Å². The number of hydrogen-bond acceptors (Lipinski definition) is 4. The minimum Gasteiger partial charge on any atom is -0.311 e. The summed E-state index contributed by atoms with van der Waals surface area (Å²) in [6.07, 6.45) is 10.7. The van der Waals surface area contributed by atoms with E-state index in [0.29, 0.717) is 6.04 Å². The minimum atomic E-state index is 0.380. The van der Waals surface area contributed by atoms with Gasteiger partial charge in [0.2, 0.25) is 0 Å². The molecule has 1 unspecified atom stereocenters. The monoisotopic (exact) mass is 267 g/mol. The highest BCUT2D eigenvalue weighted by Gasteiger charge is 2.17. The molecule has 0 spiro atoms. The van der Waals surface area contributed by atoms with Crippen LogP contribution in [0.2, 0.25) is 0 Å². The van der Waals surface area contributed by atoms with Gasteiger partial charge in [-0.05, 0) is 19.4 Å². The van der Waals surface area contributed by atoms with Crippen molar-refractivity contribution in [2.45, 2.75) is 64.3 Å². The average molecular weight is 267 g/mol. The molecule has 1 heterocycles. The van der Waals surface area contributed by atoms with Crippen LogP contribution in [0, 0.1) is 5.92 Å². The van der Waals surface area contributed by atoms with Crippen molar-refractivity contribution in [2.75, 3.05) is 7.05 Å². The van der Waals surface area contributed by atoms with Gasteiger partial charge in [-0.15, -0.1) is 10.2 Å². The molecule has 102 valence electrons. The molecule has 2 rings (SSSR count). The second kappa shape index (κ2) is 7.19. The first-order chi connectivity index (χ1) is 8.83. The summed E-state index contributed by atoms with van der Waals surface area (Å²) in [6.45, 7) is 2.19. The van der Waals surface area contributed by atoms with Gasteiger partial charge in [0.1, 0.15) is 10.0 Å². The highest BCUT2D eigenvalue weighted by Crippen LogP contribution is 2.28. The Balaban J connectivity index is 1.92. The molecule has 1 fully saturated rings. The van der Waals surface area contributed by atoms with Crippen molar-refractivity contribution >= 4 is 11.3 Å². The van der Waals surface area contributed by atoms with Gasteiger partial charge in [-0.25, -0.2) is 0 Å². The number of nitrogens with zero attached hydrogens (tertiary/aromatic N) is 2. The van der Waals surface area contributed by atoms with Crippen molar-refractivity contribution in [3.05, 3.63) is 10.0 Å². The Hall–Kier alpha value is -0.480. The lowest BCUT2D eigenvalue weighted by atomic mass is 9.97. The smallest absolute Gasteiger partial charge is 0.134 e. The molecule has 1 aromatic heterocycles. The second-order valence-electron chi connectivity index (χ2n) is 5.35. The zero-order valence-electron chi connectivity index (χ0n) is 11.6. The fourth-order valence-electron chi connectivity index (χ4n) is 2.81. The molecule has 4 heteroatoms. The van der Waals surface area contributed by atoms with Crippen molar-refractivity contribution in [1.29, 1.82) is 0 Å². The van der Waals surface area contributed by atoms with Crippen molar-refractivity contribution < 1.29 is 0 Å². The lowest BCUT2D eigenvalue weighted by molar-refractivity contribution is 0.456. The fraction of sp³-hybridized carbons (Fsp3) is 0.857. The Kier molecular flexibility index (Phi) is 5.57. The maximum atomic E-state index is 4.39. The largest absolute Gasteiger partial charge is 0.311 e. The topological polar surface area (TPSA) is 37.8 Å². The molecule has 1 aliphatic rings. The van der Waals surface area contributed by atoms with Gasteiger partial charge in [-0.3, -0.25) is 0 Å². The van der Waals surface area contributed by atoms with Crippen LogP contribution in [0.25, 0.3) is 0 Å². The molecule has 1 N–H and O–H groups in total. The third kappa shape index (κ3) is 3.75. The van der Waals surface area contributed by atoms with Gasteiger partial charge < -0.3 is 5.32 Å². The first kappa shape index (κ1) is 13.9. The van der Waals surface area contributed by atoms with E-state index in [0.717, 1.165) is 23.8 Å². The standard InChI is InChI=1S/C14H25N3S/c1-3-12(15-2)14-17-16-13(18-14)10-11-8-6-4-5-7-9-11/h11-12,15H,3-10H2,1-2H3. The Morgan fingerprint density at radius 2 is 1.94 bits per heavy atom. The van der Waals surface area contributed by atoms with E-state index in [2.05, 4.69) is 22.4 Å². The molecule has 3 nitrogen and oxygen atoms in total. The normalized spacial score (nSPS) is 19.7. The van der Waals surface area contributed by atoms with Gasteiger partial charge >= 0.3 is 0 Å². The zero-order valence-corrected chi connectivity index (χ0v) is 12.4. The van der Waals surface area contributed by atoms with Crippen LogP contribution in [0.1, 0.15) is 67.9 Å². The molecule has 1 aromatic rings. The quantitative estimate of drug-likeness (QED) is 0.826. The maximum Gasteiger partial charge on any atom is 0.134 e. The summed E-state index contributed by atoms with van der Waals surface area (Å²) in [5.41, 5.74) is 0. The summed E-state index contributed by atoms with van der Waals surface area (Å²) in [5, 5.41) is 14.4. The van der Waals surface area contributed by atoms with Crippen LogP contribution in [-0.4, -0.2) is 17.2 Å². The molecular formula is C14H25N3S. The fourth-order valence-corrected chi connectivity index (χ4v) is 3.96. The van der Waals surface area contributed by atoms with Crippen molar-refractivity contribution in [2.24, 2.45) is 5.92 Å². The van der Waals surface area contributed by atoms with Crippen LogP contribution < -0.4 is 5.32 Å². The zero-order chi connectivity index (χ0) is 12.8. The Morgan fingerprint density at radius 1 is 1.22 bits per heavy atom. The van der Waals surface area contributed by atoms with Crippen molar-refractivity contribution in [1.82, 2.24) is 15.5 Å². The molecule has 0 saturated heterocycles.